The molecule has 2 aromatic carbocycles. The Balaban J connectivity index is 1.98. The average Bonchev–Trinajstić information content (AvgIpc) is 2.63. The molecule has 0 bridgehead atoms. The van der Waals surface area contributed by atoms with E-state index in [2.05, 4.69) is 10.6 Å². The van der Waals surface area contributed by atoms with Crippen LogP contribution < -0.4 is 20.5 Å². The van der Waals surface area contributed by atoms with Crippen molar-refractivity contribution in [2.75, 3.05) is 5.32 Å². The normalized spacial score (nSPS) is 11.4. The van der Waals surface area contributed by atoms with Crippen molar-refractivity contribution in [3.63, 3.8) is 0 Å². The summed E-state index contributed by atoms with van der Waals surface area (Å²) in [6.07, 6.45) is 0.971. The van der Waals surface area contributed by atoms with Gasteiger partial charge in [0.2, 0.25) is 0 Å². The van der Waals surface area contributed by atoms with E-state index in [1.807, 2.05) is 13.8 Å². The topological polar surface area (TPSA) is 90.5 Å². The smallest absolute Gasteiger partial charge is 0.257 e. The third-order valence-corrected chi connectivity index (χ3v) is 4.23. The van der Waals surface area contributed by atoms with Crippen molar-refractivity contribution in [2.24, 2.45) is 0 Å². The van der Waals surface area contributed by atoms with Crippen LogP contribution in [0.3, 0.4) is 0 Å². The summed E-state index contributed by atoms with van der Waals surface area (Å²) in [5.41, 5.74) is 0.594. The fourth-order valence-electron chi connectivity index (χ4n) is 2.10. The molecule has 27 heavy (non-hydrogen) atoms. The lowest BCUT2D eigenvalue weighted by Gasteiger charge is -2.13. The number of ether oxygens (including phenoxy) is 1. The highest BCUT2D eigenvalue weighted by Crippen LogP contribution is 2.20. The summed E-state index contributed by atoms with van der Waals surface area (Å²) in [5.74, 6) is -1.13. The number of carbonyl (C=O) groups excluding carboxylic acids is 2. The molecule has 2 aromatic rings. The van der Waals surface area contributed by atoms with Gasteiger partial charge in [-0.05, 0) is 68.0 Å². The molecule has 0 aliphatic rings. The molecule has 2 N–H and O–H groups in total. The molecule has 6 nitrogen and oxygen atoms in total. The molecular weight excluding hydrogens is 388 g/mol. The third-order valence-electron chi connectivity index (χ3n) is 3.70. The summed E-state index contributed by atoms with van der Waals surface area (Å²) in [4.78, 5) is 23.3. The zero-order valence-corrected chi connectivity index (χ0v) is 16.3. The Kier molecular flexibility index (Phi) is 7.15. The number of nitrogens with one attached hydrogen (secondary N) is 2. The molecule has 0 radical (unpaired) electrons. The van der Waals surface area contributed by atoms with Crippen molar-refractivity contribution < 1.29 is 19.4 Å². The molecule has 0 saturated carbocycles. The van der Waals surface area contributed by atoms with Crippen LogP contribution in [0.4, 0.5) is 5.69 Å². The summed E-state index contributed by atoms with van der Waals surface area (Å²) < 4.78 is 5.66. The number of aromatic carboxylic acids is 1. The largest absolute Gasteiger partial charge is 0.545 e. The number of carboxylic acids is 1. The van der Waals surface area contributed by atoms with Crippen LogP contribution in [0.2, 0.25) is 5.02 Å². The molecule has 0 unspecified atom stereocenters. The molecule has 0 fully saturated rings. The number of halogens is 1. The maximum Gasteiger partial charge on any atom is 0.257 e. The van der Waals surface area contributed by atoms with Crippen molar-refractivity contribution >= 4 is 46.5 Å². The first-order valence-corrected chi connectivity index (χ1v) is 8.98. The first kappa shape index (κ1) is 20.7. The van der Waals surface area contributed by atoms with E-state index in [9.17, 15) is 14.7 Å². The second kappa shape index (κ2) is 9.34. The lowest BCUT2D eigenvalue weighted by molar-refractivity contribution is -0.255. The molecule has 8 heteroatoms. The van der Waals surface area contributed by atoms with E-state index in [1.165, 1.54) is 18.2 Å². The van der Waals surface area contributed by atoms with Crippen LogP contribution in [0.25, 0.3) is 0 Å². The van der Waals surface area contributed by atoms with Gasteiger partial charge < -0.3 is 20.0 Å². The van der Waals surface area contributed by atoms with Gasteiger partial charge in [-0.25, -0.2) is 0 Å². The second-order valence-corrected chi connectivity index (χ2v) is 6.57. The van der Waals surface area contributed by atoms with E-state index in [0.29, 0.717) is 17.0 Å². The number of carboxylic acid groups (broad SMARTS) is 1. The van der Waals surface area contributed by atoms with Crippen LogP contribution in [-0.4, -0.2) is 23.1 Å². The van der Waals surface area contributed by atoms with E-state index in [-0.39, 0.29) is 21.8 Å². The zero-order valence-electron chi connectivity index (χ0n) is 14.7. The number of amides is 1. The summed E-state index contributed by atoms with van der Waals surface area (Å²) >= 11 is 10.9. The van der Waals surface area contributed by atoms with E-state index in [0.717, 1.165) is 6.42 Å². The van der Waals surface area contributed by atoms with Crippen LogP contribution >= 0.6 is 23.8 Å². The molecule has 0 spiro atoms. The Morgan fingerprint density at radius 2 is 1.89 bits per heavy atom. The van der Waals surface area contributed by atoms with Gasteiger partial charge in [-0.3, -0.25) is 10.1 Å². The Morgan fingerprint density at radius 3 is 2.48 bits per heavy atom. The minimum Gasteiger partial charge on any atom is -0.545 e. The summed E-state index contributed by atoms with van der Waals surface area (Å²) in [6.45, 7) is 3.99. The molecular formula is C19H18ClN2O4S-. The highest BCUT2D eigenvalue weighted by atomic mass is 35.5. The minimum atomic E-state index is -1.40. The van der Waals surface area contributed by atoms with Crippen molar-refractivity contribution in [1.29, 1.82) is 0 Å². The summed E-state index contributed by atoms with van der Waals surface area (Å²) in [5, 5.41) is 16.3. The Bertz CT molecular complexity index is 855. The molecule has 0 aliphatic carbocycles. The van der Waals surface area contributed by atoms with Crippen LogP contribution in [0.5, 0.6) is 5.75 Å². The average molecular weight is 406 g/mol. The summed E-state index contributed by atoms with van der Waals surface area (Å²) in [7, 11) is 0. The Morgan fingerprint density at radius 1 is 1.22 bits per heavy atom. The van der Waals surface area contributed by atoms with E-state index < -0.39 is 11.9 Å². The van der Waals surface area contributed by atoms with Gasteiger partial charge in [-0.1, -0.05) is 18.5 Å². The highest BCUT2D eigenvalue weighted by molar-refractivity contribution is 7.80. The standard InChI is InChI=1S/C19H19ClN2O4S/c1-3-11(2)26-14-7-4-12(5-8-14)17(23)22-19(27)21-13-6-9-16(20)15(10-13)18(24)25/h4-11H,3H2,1-2H3,(H,24,25)(H2,21,22,23,27)/p-1/t11-/m0/s1. The number of hydrogen-bond acceptors (Lipinski definition) is 5. The first-order valence-electron chi connectivity index (χ1n) is 8.20. The van der Waals surface area contributed by atoms with Gasteiger partial charge in [-0.15, -0.1) is 0 Å². The predicted octanol–water partition coefficient (Wildman–Crippen LogP) is 3.01. The van der Waals surface area contributed by atoms with Crippen LogP contribution in [0, 0.1) is 0 Å². The van der Waals surface area contributed by atoms with Gasteiger partial charge in [-0.2, -0.15) is 0 Å². The minimum absolute atomic E-state index is 0.0200. The van der Waals surface area contributed by atoms with Gasteiger partial charge in [0.15, 0.2) is 5.11 Å². The number of anilines is 1. The number of benzene rings is 2. The number of thiocarbonyl (C=S) groups is 1. The number of rotatable bonds is 6. The molecule has 142 valence electrons. The summed E-state index contributed by atoms with van der Waals surface area (Å²) in [6, 6.07) is 10.9. The van der Waals surface area contributed by atoms with Gasteiger partial charge in [0, 0.05) is 21.8 Å². The third kappa shape index (κ3) is 5.94. The second-order valence-electron chi connectivity index (χ2n) is 5.75. The van der Waals surface area contributed by atoms with Crippen LogP contribution in [0.1, 0.15) is 41.0 Å². The van der Waals surface area contributed by atoms with E-state index >= 15 is 0 Å². The van der Waals surface area contributed by atoms with Crippen molar-refractivity contribution in [3.05, 3.63) is 58.6 Å². The lowest BCUT2D eigenvalue weighted by Crippen LogP contribution is -2.34. The highest BCUT2D eigenvalue weighted by Gasteiger charge is 2.10. The van der Waals surface area contributed by atoms with Gasteiger partial charge in [0.25, 0.3) is 5.91 Å². The Hall–Kier alpha value is -2.64. The predicted molar refractivity (Wildman–Crippen MR) is 106 cm³/mol. The van der Waals surface area contributed by atoms with Crippen molar-refractivity contribution in [2.45, 2.75) is 26.4 Å². The van der Waals surface area contributed by atoms with Crippen molar-refractivity contribution in [1.82, 2.24) is 5.32 Å². The Labute approximate surface area is 167 Å². The van der Waals surface area contributed by atoms with Crippen molar-refractivity contribution in [3.8, 4) is 5.75 Å². The van der Waals surface area contributed by atoms with E-state index in [1.54, 1.807) is 24.3 Å². The van der Waals surface area contributed by atoms with Crippen LogP contribution in [-0.2, 0) is 0 Å². The van der Waals surface area contributed by atoms with Gasteiger partial charge >= 0.3 is 0 Å². The van der Waals surface area contributed by atoms with E-state index in [4.69, 9.17) is 28.6 Å². The molecule has 0 aromatic heterocycles. The van der Waals surface area contributed by atoms with Crippen LogP contribution in [0.15, 0.2) is 42.5 Å². The first-order chi connectivity index (χ1) is 12.8. The monoisotopic (exact) mass is 405 g/mol. The fourth-order valence-corrected chi connectivity index (χ4v) is 2.50. The maximum absolute atomic E-state index is 12.3. The molecule has 2 rings (SSSR count). The number of carbonyl (C=O) groups is 2. The molecule has 0 aliphatic heterocycles. The molecule has 1 atom stereocenters. The van der Waals surface area contributed by atoms with Gasteiger partial charge in [0.05, 0.1) is 12.1 Å². The molecule has 1 amide bonds. The molecule has 0 saturated heterocycles. The lowest BCUT2D eigenvalue weighted by atomic mass is 10.2. The van der Waals surface area contributed by atoms with Gasteiger partial charge in [0.1, 0.15) is 5.75 Å². The quantitative estimate of drug-likeness (QED) is 0.718. The fraction of sp³-hybridized carbons (Fsp3) is 0.211. The number of hydrogen-bond donors (Lipinski definition) is 2. The zero-order chi connectivity index (χ0) is 20.0. The maximum atomic E-state index is 12.3. The molecule has 0 heterocycles. The SMILES string of the molecule is CC[C@H](C)Oc1ccc(C(=O)NC(=S)Nc2ccc(Cl)c(C(=O)[O-])c2)cc1.